The van der Waals surface area contributed by atoms with Crippen LogP contribution in [0.5, 0.6) is 5.75 Å². The molecule has 0 spiro atoms. The molecule has 0 aliphatic carbocycles. The molecule has 0 fully saturated rings. The van der Waals surface area contributed by atoms with Gasteiger partial charge in [0, 0.05) is 18.6 Å². The molecule has 0 saturated carbocycles. The Bertz CT molecular complexity index is 1370. The Balaban J connectivity index is 2.11. The fourth-order valence-corrected chi connectivity index (χ4v) is 5.46. The van der Waals surface area contributed by atoms with Crippen LogP contribution in [0, 0.1) is 6.92 Å². The smallest absolute Gasteiger partial charge is 0.264 e. The van der Waals surface area contributed by atoms with Crippen LogP contribution in [0.15, 0.2) is 77.7 Å². The molecule has 0 unspecified atom stereocenters. The molecule has 0 aliphatic rings. The van der Waals surface area contributed by atoms with Crippen molar-refractivity contribution in [2.75, 3.05) is 25.0 Å². The van der Waals surface area contributed by atoms with E-state index >= 15 is 0 Å². The van der Waals surface area contributed by atoms with Crippen LogP contribution < -0.4 is 14.4 Å². The number of halogens is 1. The first kappa shape index (κ1) is 28.0. The number of sulfonamides is 1. The molecule has 0 aliphatic heterocycles. The zero-order chi connectivity index (χ0) is 27.2. The Morgan fingerprint density at radius 2 is 1.68 bits per heavy atom. The molecule has 1 N–H and O–H groups in total. The van der Waals surface area contributed by atoms with E-state index in [2.05, 4.69) is 5.32 Å². The summed E-state index contributed by atoms with van der Waals surface area (Å²) in [5.74, 6) is -0.694. The predicted octanol–water partition coefficient (Wildman–Crippen LogP) is 4.02. The average molecular weight is 544 g/mol. The number of anilines is 1. The first-order chi connectivity index (χ1) is 17.6. The minimum atomic E-state index is -4.19. The van der Waals surface area contributed by atoms with Gasteiger partial charge >= 0.3 is 0 Å². The number of aryl methyl sites for hydroxylation is 1. The Morgan fingerprint density at radius 3 is 2.30 bits per heavy atom. The second-order valence-corrected chi connectivity index (χ2v) is 10.7. The molecule has 0 aromatic heterocycles. The molecule has 8 nitrogen and oxygen atoms in total. The highest BCUT2D eigenvalue weighted by molar-refractivity contribution is 7.92. The monoisotopic (exact) mass is 543 g/mol. The lowest BCUT2D eigenvalue weighted by atomic mass is 10.1. The van der Waals surface area contributed by atoms with Crippen molar-refractivity contribution in [2.24, 2.45) is 0 Å². The first-order valence-electron chi connectivity index (χ1n) is 11.6. The molecule has 3 aromatic rings. The summed E-state index contributed by atoms with van der Waals surface area (Å²) in [5, 5.41) is 2.98. The summed E-state index contributed by atoms with van der Waals surface area (Å²) in [7, 11) is -1.28. The van der Waals surface area contributed by atoms with Crippen LogP contribution in [0.1, 0.15) is 18.1 Å². The maximum absolute atomic E-state index is 13.8. The Morgan fingerprint density at radius 1 is 1.03 bits per heavy atom. The average Bonchev–Trinajstić information content (AvgIpc) is 2.90. The summed E-state index contributed by atoms with van der Waals surface area (Å²) in [4.78, 5) is 27.7. The molecule has 2 amide bonds. The van der Waals surface area contributed by atoms with Crippen LogP contribution >= 0.6 is 11.6 Å². The molecule has 196 valence electrons. The van der Waals surface area contributed by atoms with Crippen LogP contribution in [0.4, 0.5) is 5.69 Å². The lowest BCUT2D eigenvalue weighted by molar-refractivity contribution is -0.139. The van der Waals surface area contributed by atoms with Crippen LogP contribution in [0.3, 0.4) is 0 Å². The van der Waals surface area contributed by atoms with E-state index in [1.54, 1.807) is 67.6 Å². The van der Waals surface area contributed by atoms with Gasteiger partial charge in [0.2, 0.25) is 11.8 Å². The predicted molar refractivity (Wildman–Crippen MR) is 144 cm³/mol. The van der Waals surface area contributed by atoms with Crippen LogP contribution in [0.25, 0.3) is 0 Å². The van der Waals surface area contributed by atoms with E-state index in [9.17, 15) is 18.0 Å². The minimum absolute atomic E-state index is 0.0112. The molecule has 0 saturated heterocycles. The third kappa shape index (κ3) is 6.42. The third-order valence-corrected chi connectivity index (χ3v) is 8.07. The van der Waals surface area contributed by atoms with Crippen LogP contribution in [-0.4, -0.2) is 51.9 Å². The van der Waals surface area contributed by atoms with Crippen molar-refractivity contribution >= 4 is 39.1 Å². The topological polar surface area (TPSA) is 96.0 Å². The summed E-state index contributed by atoms with van der Waals surface area (Å²) < 4.78 is 34.2. The molecule has 3 aromatic carbocycles. The number of methoxy groups -OCH3 is 1. The number of nitrogens with zero attached hydrogens (tertiary/aromatic N) is 2. The molecule has 10 heteroatoms. The summed E-state index contributed by atoms with van der Waals surface area (Å²) in [5.41, 5.74) is 1.62. The van der Waals surface area contributed by atoms with Gasteiger partial charge in [0.15, 0.2) is 0 Å². The van der Waals surface area contributed by atoms with E-state index in [1.165, 1.54) is 31.2 Å². The normalized spacial score (nSPS) is 11.9. The van der Waals surface area contributed by atoms with Gasteiger partial charge in [-0.1, -0.05) is 54.1 Å². The molecular formula is C27H30ClN3O5S. The number of rotatable bonds is 10. The van der Waals surface area contributed by atoms with Crippen LogP contribution in [-0.2, 0) is 26.2 Å². The van der Waals surface area contributed by atoms with Crippen molar-refractivity contribution in [3.8, 4) is 5.75 Å². The summed E-state index contributed by atoms with van der Waals surface area (Å²) >= 11 is 6.34. The minimum Gasteiger partial charge on any atom is -0.495 e. The molecule has 0 heterocycles. The zero-order valence-electron chi connectivity index (χ0n) is 21.1. The SMILES string of the molecule is CNC(=O)[C@H](C)N(Cc1ccccc1Cl)C(=O)CN(c1cc(C)ccc1OC)S(=O)(=O)c1ccccc1. The molecule has 1 atom stereocenters. The number of nitrogens with one attached hydrogen (secondary N) is 1. The third-order valence-electron chi connectivity index (χ3n) is 5.93. The first-order valence-corrected chi connectivity index (χ1v) is 13.4. The van der Waals surface area contributed by atoms with E-state index in [0.717, 1.165) is 9.87 Å². The quantitative estimate of drug-likeness (QED) is 0.417. The van der Waals surface area contributed by atoms with E-state index in [4.69, 9.17) is 16.3 Å². The molecule has 37 heavy (non-hydrogen) atoms. The number of likely N-dealkylation sites (N-methyl/N-ethyl adjacent to an activating group) is 1. The number of carbonyl (C=O) groups excluding carboxylic acids is 2. The van der Waals surface area contributed by atoms with Crippen molar-refractivity contribution in [3.05, 3.63) is 88.9 Å². The largest absolute Gasteiger partial charge is 0.495 e. The number of hydrogen-bond acceptors (Lipinski definition) is 5. The van der Waals surface area contributed by atoms with Crippen LogP contribution in [0.2, 0.25) is 5.02 Å². The van der Waals surface area contributed by atoms with E-state index in [1.807, 2.05) is 6.92 Å². The van der Waals surface area contributed by atoms with Gasteiger partial charge in [-0.25, -0.2) is 8.42 Å². The summed E-state index contributed by atoms with van der Waals surface area (Å²) in [6.45, 7) is 2.84. The van der Waals surface area contributed by atoms with Gasteiger partial charge in [-0.15, -0.1) is 0 Å². The second-order valence-electron chi connectivity index (χ2n) is 8.40. The highest BCUT2D eigenvalue weighted by Gasteiger charge is 2.33. The van der Waals surface area contributed by atoms with Gasteiger partial charge in [-0.05, 0) is 55.3 Å². The maximum Gasteiger partial charge on any atom is 0.264 e. The Hall–Kier alpha value is -3.56. The number of carbonyl (C=O) groups is 2. The molecule has 0 radical (unpaired) electrons. The molecular weight excluding hydrogens is 514 g/mol. The van der Waals surface area contributed by atoms with Crippen molar-refractivity contribution in [3.63, 3.8) is 0 Å². The lowest BCUT2D eigenvalue weighted by Crippen LogP contribution is -2.50. The fourth-order valence-electron chi connectivity index (χ4n) is 3.83. The second kappa shape index (κ2) is 12.1. The maximum atomic E-state index is 13.8. The van der Waals surface area contributed by atoms with Gasteiger partial charge in [-0.3, -0.25) is 13.9 Å². The number of benzene rings is 3. The fraction of sp³-hybridized carbons (Fsp3) is 0.259. The van der Waals surface area contributed by atoms with Crippen molar-refractivity contribution in [1.82, 2.24) is 10.2 Å². The van der Waals surface area contributed by atoms with Crippen molar-refractivity contribution < 1.29 is 22.7 Å². The van der Waals surface area contributed by atoms with E-state index in [0.29, 0.717) is 10.6 Å². The van der Waals surface area contributed by atoms with E-state index < -0.39 is 34.4 Å². The van der Waals surface area contributed by atoms with Gasteiger partial charge in [0.1, 0.15) is 18.3 Å². The molecule has 3 rings (SSSR count). The van der Waals surface area contributed by atoms with Gasteiger partial charge in [0.25, 0.3) is 10.0 Å². The number of hydrogen-bond donors (Lipinski definition) is 1. The van der Waals surface area contributed by atoms with Crippen molar-refractivity contribution in [2.45, 2.75) is 31.3 Å². The highest BCUT2D eigenvalue weighted by Crippen LogP contribution is 2.33. The summed E-state index contributed by atoms with van der Waals surface area (Å²) in [6.07, 6.45) is 0. The Labute approximate surface area is 222 Å². The molecule has 0 bridgehead atoms. The van der Waals surface area contributed by atoms with Gasteiger partial charge in [-0.2, -0.15) is 0 Å². The van der Waals surface area contributed by atoms with Gasteiger partial charge < -0.3 is 15.0 Å². The summed E-state index contributed by atoms with van der Waals surface area (Å²) in [6, 6.07) is 19.0. The standard InChI is InChI=1S/C27H30ClN3O5S/c1-19-14-15-25(36-4)24(16-19)31(37(34,35)22-11-6-5-7-12-22)18-26(32)30(20(2)27(33)29-3)17-21-10-8-9-13-23(21)28/h5-16,20H,17-18H2,1-4H3,(H,29,33)/t20-/m0/s1. The van der Waals surface area contributed by atoms with Gasteiger partial charge in [0.05, 0.1) is 17.7 Å². The van der Waals surface area contributed by atoms with E-state index in [-0.39, 0.29) is 22.9 Å². The Kier molecular flexibility index (Phi) is 9.18. The number of amides is 2. The number of ether oxygens (including phenoxy) is 1. The zero-order valence-corrected chi connectivity index (χ0v) is 22.7. The highest BCUT2D eigenvalue weighted by atomic mass is 35.5. The van der Waals surface area contributed by atoms with Crippen molar-refractivity contribution in [1.29, 1.82) is 0 Å². The lowest BCUT2D eigenvalue weighted by Gasteiger charge is -2.32.